The topological polar surface area (TPSA) is 70.5 Å². The van der Waals surface area contributed by atoms with E-state index in [0.29, 0.717) is 30.4 Å². The molecule has 5 nitrogen and oxygen atoms in total. The summed E-state index contributed by atoms with van der Waals surface area (Å²) in [4.78, 5) is 4.36. The lowest BCUT2D eigenvalue weighted by Crippen LogP contribution is -2.02. The summed E-state index contributed by atoms with van der Waals surface area (Å²) in [6.45, 7) is 0.553. The number of aromatic nitrogens is 1. The first-order chi connectivity index (χ1) is 8.78. The summed E-state index contributed by atoms with van der Waals surface area (Å²) in [5.74, 6) is 1.88. The van der Waals surface area contributed by atoms with Crippen molar-refractivity contribution in [3.05, 3.63) is 30.2 Å². The van der Waals surface area contributed by atoms with Gasteiger partial charge in [-0.3, -0.25) is 0 Å². The lowest BCUT2D eigenvalue weighted by atomic mass is 10.2. The number of hydrogen-bond acceptors (Lipinski definition) is 5. The molecule has 0 fully saturated rings. The Morgan fingerprint density at radius 2 is 2.00 bits per heavy atom. The van der Waals surface area contributed by atoms with Crippen molar-refractivity contribution < 1.29 is 13.9 Å². The number of nitrogens with zero attached hydrogens (tertiary/aromatic N) is 1. The molecule has 18 heavy (non-hydrogen) atoms. The van der Waals surface area contributed by atoms with Crippen molar-refractivity contribution >= 4 is 0 Å². The molecule has 0 bridgehead atoms. The van der Waals surface area contributed by atoms with Gasteiger partial charge in [0.2, 0.25) is 5.89 Å². The molecule has 0 radical (unpaired) electrons. The number of oxazole rings is 1. The molecule has 5 heteroatoms. The molecule has 1 heterocycles. The number of nitrogens with two attached hydrogens (primary N) is 1. The quantitative estimate of drug-likeness (QED) is 0.874. The second kappa shape index (κ2) is 5.55. The third kappa shape index (κ3) is 2.46. The van der Waals surface area contributed by atoms with Crippen LogP contribution in [0.1, 0.15) is 5.69 Å². The van der Waals surface area contributed by atoms with Crippen molar-refractivity contribution in [3.63, 3.8) is 0 Å². The molecule has 0 saturated carbocycles. The Balaban J connectivity index is 2.31. The Morgan fingerprint density at radius 3 is 2.67 bits per heavy atom. The van der Waals surface area contributed by atoms with E-state index in [9.17, 15) is 0 Å². The summed E-state index contributed by atoms with van der Waals surface area (Å²) >= 11 is 0. The molecule has 0 spiro atoms. The van der Waals surface area contributed by atoms with Crippen LogP contribution in [0.25, 0.3) is 11.5 Å². The molecule has 0 saturated heterocycles. The highest BCUT2D eigenvalue weighted by Gasteiger charge is 2.10. The maximum Gasteiger partial charge on any atom is 0.226 e. The van der Waals surface area contributed by atoms with Crippen LogP contribution in [-0.4, -0.2) is 25.7 Å². The molecular formula is C13H16N2O3. The minimum Gasteiger partial charge on any atom is -0.493 e. The van der Waals surface area contributed by atoms with Gasteiger partial charge >= 0.3 is 0 Å². The van der Waals surface area contributed by atoms with E-state index in [1.165, 1.54) is 0 Å². The van der Waals surface area contributed by atoms with Crippen molar-refractivity contribution in [1.29, 1.82) is 0 Å². The summed E-state index contributed by atoms with van der Waals surface area (Å²) < 4.78 is 15.8. The van der Waals surface area contributed by atoms with Gasteiger partial charge in [0.05, 0.1) is 19.9 Å². The normalized spacial score (nSPS) is 10.4. The average molecular weight is 248 g/mol. The van der Waals surface area contributed by atoms with E-state index in [1.54, 1.807) is 20.5 Å². The van der Waals surface area contributed by atoms with Gasteiger partial charge in [-0.2, -0.15) is 0 Å². The smallest absolute Gasteiger partial charge is 0.226 e. The summed E-state index contributed by atoms with van der Waals surface area (Å²) in [7, 11) is 3.19. The van der Waals surface area contributed by atoms with E-state index in [0.717, 1.165) is 11.3 Å². The van der Waals surface area contributed by atoms with Gasteiger partial charge in [-0.1, -0.05) is 0 Å². The molecular weight excluding hydrogens is 232 g/mol. The van der Waals surface area contributed by atoms with Crippen molar-refractivity contribution in [1.82, 2.24) is 4.98 Å². The predicted molar refractivity (Wildman–Crippen MR) is 67.8 cm³/mol. The molecule has 2 N–H and O–H groups in total. The first kappa shape index (κ1) is 12.4. The molecule has 96 valence electrons. The second-order valence-corrected chi connectivity index (χ2v) is 3.75. The van der Waals surface area contributed by atoms with Crippen molar-refractivity contribution in [2.45, 2.75) is 6.42 Å². The van der Waals surface area contributed by atoms with E-state index >= 15 is 0 Å². The van der Waals surface area contributed by atoms with E-state index in [4.69, 9.17) is 19.6 Å². The van der Waals surface area contributed by atoms with Gasteiger partial charge in [0, 0.05) is 12.0 Å². The van der Waals surface area contributed by atoms with Crippen LogP contribution in [-0.2, 0) is 6.42 Å². The van der Waals surface area contributed by atoms with Crippen LogP contribution in [0.2, 0.25) is 0 Å². The van der Waals surface area contributed by atoms with E-state index in [2.05, 4.69) is 4.98 Å². The van der Waals surface area contributed by atoms with Crippen LogP contribution < -0.4 is 15.2 Å². The summed E-state index contributed by atoms with van der Waals surface area (Å²) in [6.07, 6.45) is 2.33. The number of benzene rings is 1. The third-order valence-electron chi connectivity index (χ3n) is 2.58. The molecule has 0 aliphatic heterocycles. The fourth-order valence-corrected chi connectivity index (χ4v) is 1.67. The Labute approximate surface area is 106 Å². The van der Waals surface area contributed by atoms with Crippen LogP contribution in [0, 0.1) is 0 Å². The van der Waals surface area contributed by atoms with Gasteiger partial charge in [0.15, 0.2) is 11.5 Å². The lowest BCUT2D eigenvalue weighted by Gasteiger charge is -2.07. The Hall–Kier alpha value is -2.01. The molecule has 1 aromatic heterocycles. The number of hydrogen-bond donors (Lipinski definition) is 1. The number of rotatable bonds is 5. The minimum absolute atomic E-state index is 0.553. The molecule has 0 aliphatic carbocycles. The third-order valence-corrected chi connectivity index (χ3v) is 2.58. The van der Waals surface area contributed by atoms with Crippen LogP contribution in [0.5, 0.6) is 11.5 Å². The first-order valence-electron chi connectivity index (χ1n) is 5.65. The van der Waals surface area contributed by atoms with Crippen molar-refractivity contribution in [3.8, 4) is 23.0 Å². The summed E-state index contributed by atoms with van der Waals surface area (Å²) in [5, 5.41) is 0. The van der Waals surface area contributed by atoms with Crippen LogP contribution in [0.3, 0.4) is 0 Å². The molecule has 2 rings (SSSR count). The lowest BCUT2D eigenvalue weighted by molar-refractivity contribution is 0.355. The molecule has 0 aliphatic rings. The largest absolute Gasteiger partial charge is 0.493 e. The van der Waals surface area contributed by atoms with Gasteiger partial charge in [-0.05, 0) is 24.7 Å². The molecule has 0 unspecified atom stereocenters. The maximum atomic E-state index is 5.47. The highest BCUT2D eigenvalue weighted by atomic mass is 16.5. The number of methoxy groups -OCH3 is 2. The van der Waals surface area contributed by atoms with Gasteiger partial charge in [-0.15, -0.1) is 0 Å². The molecule has 0 atom stereocenters. The molecule has 2 aromatic rings. The highest BCUT2D eigenvalue weighted by molar-refractivity contribution is 5.60. The van der Waals surface area contributed by atoms with E-state index < -0.39 is 0 Å². The summed E-state index contributed by atoms with van der Waals surface area (Å²) in [5.41, 5.74) is 7.17. The summed E-state index contributed by atoms with van der Waals surface area (Å²) in [6, 6.07) is 5.53. The highest BCUT2D eigenvalue weighted by Crippen LogP contribution is 2.31. The van der Waals surface area contributed by atoms with Gasteiger partial charge < -0.3 is 19.6 Å². The Bertz CT molecular complexity index is 523. The SMILES string of the molecule is COc1ccc(-c2nc(CCN)co2)cc1OC. The Morgan fingerprint density at radius 1 is 1.22 bits per heavy atom. The van der Waals surface area contributed by atoms with Gasteiger partial charge in [-0.25, -0.2) is 4.98 Å². The average Bonchev–Trinajstić information content (AvgIpc) is 2.87. The zero-order valence-electron chi connectivity index (χ0n) is 10.5. The fraction of sp³-hybridized carbons (Fsp3) is 0.308. The van der Waals surface area contributed by atoms with Crippen molar-refractivity contribution in [2.75, 3.05) is 20.8 Å². The molecule has 1 aromatic carbocycles. The van der Waals surface area contributed by atoms with Gasteiger partial charge in [0.1, 0.15) is 6.26 Å². The van der Waals surface area contributed by atoms with Crippen LogP contribution in [0.4, 0.5) is 0 Å². The fourth-order valence-electron chi connectivity index (χ4n) is 1.67. The molecule has 0 amide bonds. The zero-order chi connectivity index (χ0) is 13.0. The Kier molecular flexibility index (Phi) is 3.84. The second-order valence-electron chi connectivity index (χ2n) is 3.75. The van der Waals surface area contributed by atoms with E-state index in [-0.39, 0.29) is 0 Å². The van der Waals surface area contributed by atoms with Crippen LogP contribution >= 0.6 is 0 Å². The standard InChI is InChI=1S/C13H16N2O3/c1-16-11-4-3-9(7-12(11)17-2)13-15-10(5-6-14)8-18-13/h3-4,7-8H,5-6,14H2,1-2H3. The zero-order valence-corrected chi connectivity index (χ0v) is 10.5. The minimum atomic E-state index is 0.553. The van der Waals surface area contributed by atoms with Crippen molar-refractivity contribution in [2.24, 2.45) is 5.73 Å². The van der Waals surface area contributed by atoms with Crippen LogP contribution in [0.15, 0.2) is 28.9 Å². The maximum absolute atomic E-state index is 5.47. The number of ether oxygens (including phenoxy) is 2. The van der Waals surface area contributed by atoms with Gasteiger partial charge in [0.25, 0.3) is 0 Å². The first-order valence-corrected chi connectivity index (χ1v) is 5.65. The van der Waals surface area contributed by atoms with E-state index in [1.807, 2.05) is 18.2 Å². The predicted octanol–water partition coefficient (Wildman–Crippen LogP) is 1.86. The monoisotopic (exact) mass is 248 g/mol.